The van der Waals surface area contributed by atoms with Gasteiger partial charge in [0, 0.05) is 17.2 Å². The fraction of sp³-hybridized carbons (Fsp3) is 0.333. The van der Waals surface area contributed by atoms with E-state index >= 15 is 0 Å². The molecule has 11 heteroatoms. The summed E-state index contributed by atoms with van der Waals surface area (Å²) in [7, 11) is 4.51. The molecule has 0 aliphatic rings. The normalized spacial score (nSPS) is 11.4. The first-order valence-electron chi connectivity index (χ1n) is 10.9. The maximum atomic E-state index is 14.1. The molecule has 4 aromatic rings. The van der Waals surface area contributed by atoms with E-state index in [1.807, 2.05) is 0 Å². The quantitative estimate of drug-likeness (QED) is 0.342. The molecule has 0 amide bonds. The molecule has 2 aromatic heterocycles. The summed E-state index contributed by atoms with van der Waals surface area (Å²) in [6.45, 7) is 4.37. The van der Waals surface area contributed by atoms with Gasteiger partial charge in [-0.3, -0.25) is 0 Å². The summed E-state index contributed by atoms with van der Waals surface area (Å²) in [5.74, 6) is -1.56. The van der Waals surface area contributed by atoms with Crippen molar-refractivity contribution >= 4 is 0 Å². The molecule has 0 spiro atoms. The molecule has 4 rings (SSSR count). The van der Waals surface area contributed by atoms with Crippen LogP contribution >= 0.6 is 0 Å². The van der Waals surface area contributed by atoms with Crippen molar-refractivity contribution in [2.75, 3.05) is 20.6 Å². The Hall–Kier alpha value is -3.21. The van der Waals surface area contributed by atoms with Crippen LogP contribution < -0.4 is 12.4 Å². The van der Waals surface area contributed by atoms with Crippen LogP contribution in [0.3, 0.4) is 0 Å². The Kier molecular flexibility index (Phi) is 10.00. The lowest BCUT2D eigenvalue weighted by molar-refractivity contribution is -0.901. The van der Waals surface area contributed by atoms with Gasteiger partial charge >= 0.3 is 0 Å². The molecule has 0 radical (unpaired) electrons. The predicted molar refractivity (Wildman–Crippen MR) is 123 cm³/mol. The molecule has 0 unspecified atom stereocenters. The largest absolute Gasteiger partial charge is 1.00 e. The van der Waals surface area contributed by atoms with Gasteiger partial charge in [0.05, 0.1) is 33.7 Å². The van der Waals surface area contributed by atoms with Crippen molar-refractivity contribution in [2.24, 2.45) is 0 Å². The Bertz CT molecular complexity index is 1100. The SMILES string of the molecule is CC[N+](C)(C)Cc1ccccc1.OC(Cn1cncn1)(Cn1cncn1)c1ccc(F)cc1F.[Cl-]. The Morgan fingerprint density at radius 2 is 1.49 bits per heavy atom. The van der Waals surface area contributed by atoms with Crippen molar-refractivity contribution in [3.8, 4) is 0 Å². The lowest BCUT2D eigenvalue weighted by Crippen LogP contribution is -3.00. The first-order valence-corrected chi connectivity index (χ1v) is 10.9. The molecule has 0 aliphatic carbocycles. The number of nitrogens with zero attached hydrogens (tertiary/aromatic N) is 7. The number of hydrogen-bond donors (Lipinski definition) is 1. The zero-order valence-electron chi connectivity index (χ0n) is 20.0. The summed E-state index contributed by atoms with van der Waals surface area (Å²) in [4.78, 5) is 7.57. The molecule has 0 fully saturated rings. The Morgan fingerprint density at radius 1 is 0.914 bits per heavy atom. The molecule has 0 saturated carbocycles. The van der Waals surface area contributed by atoms with Crippen molar-refractivity contribution < 1.29 is 30.8 Å². The van der Waals surface area contributed by atoms with E-state index < -0.39 is 17.2 Å². The summed E-state index contributed by atoms with van der Waals surface area (Å²) >= 11 is 0. The zero-order valence-corrected chi connectivity index (χ0v) is 20.7. The zero-order chi connectivity index (χ0) is 24.6. The highest BCUT2D eigenvalue weighted by Crippen LogP contribution is 2.28. The van der Waals surface area contributed by atoms with Crippen molar-refractivity contribution in [3.05, 3.63) is 96.6 Å². The van der Waals surface area contributed by atoms with Crippen LogP contribution in [0.15, 0.2) is 73.8 Å². The Balaban J connectivity index is 0.000000284. The van der Waals surface area contributed by atoms with E-state index in [1.165, 1.54) is 52.8 Å². The second-order valence-corrected chi connectivity index (χ2v) is 8.74. The number of aliphatic hydroxyl groups is 1. The number of benzene rings is 2. The molecule has 2 heterocycles. The van der Waals surface area contributed by atoms with Gasteiger partial charge in [-0.2, -0.15) is 10.2 Å². The maximum Gasteiger partial charge on any atom is 0.137 e. The van der Waals surface area contributed by atoms with Crippen LogP contribution in [-0.2, 0) is 25.2 Å². The minimum Gasteiger partial charge on any atom is -1.00 e. The van der Waals surface area contributed by atoms with Gasteiger partial charge in [-0.05, 0) is 13.0 Å². The van der Waals surface area contributed by atoms with E-state index in [9.17, 15) is 13.9 Å². The van der Waals surface area contributed by atoms with E-state index in [-0.39, 0.29) is 31.1 Å². The van der Waals surface area contributed by atoms with Gasteiger partial charge in [0.1, 0.15) is 49.1 Å². The fourth-order valence-electron chi connectivity index (χ4n) is 3.44. The smallest absolute Gasteiger partial charge is 0.137 e. The predicted octanol–water partition coefficient (Wildman–Crippen LogP) is 0.0227. The molecular weight excluding hydrogens is 476 g/mol. The molecule has 1 N–H and O–H groups in total. The third-order valence-electron chi connectivity index (χ3n) is 5.52. The average Bonchev–Trinajstić information content (AvgIpc) is 3.49. The Labute approximate surface area is 209 Å². The molecule has 8 nitrogen and oxygen atoms in total. The Morgan fingerprint density at radius 3 is 1.94 bits per heavy atom. The van der Waals surface area contributed by atoms with Gasteiger partial charge in [-0.1, -0.05) is 36.4 Å². The molecule has 2 aromatic carbocycles. The molecular formula is C24H30ClF2N7O. The number of halogens is 3. The summed E-state index contributed by atoms with van der Waals surface area (Å²) in [6.07, 6.45) is 5.40. The third kappa shape index (κ3) is 8.20. The summed E-state index contributed by atoms with van der Waals surface area (Å²) in [5.41, 5.74) is -0.330. The standard InChI is InChI=1S/C13H12F2N6O.C11H18N.ClH/c14-10-1-2-11(12(15)3-10)13(22,4-20-8-16-6-18-20)5-21-9-17-7-19-21;1-4-12(2,3)10-11-8-6-5-7-9-11;/h1-3,6-9,22H,4-5H2;5-9H,4,10H2,1-3H3;1H/q;+1;/p-1. The fourth-order valence-corrected chi connectivity index (χ4v) is 3.44. The maximum absolute atomic E-state index is 14.1. The lowest BCUT2D eigenvalue weighted by Gasteiger charge is -2.28. The van der Waals surface area contributed by atoms with Crippen LogP contribution in [0.4, 0.5) is 8.78 Å². The second kappa shape index (κ2) is 12.5. The van der Waals surface area contributed by atoms with Crippen molar-refractivity contribution in [2.45, 2.75) is 32.2 Å². The van der Waals surface area contributed by atoms with Gasteiger partial charge in [-0.25, -0.2) is 28.1 Å². The summed E-state index contributed by atoms with van der Waals surface area (Å²) < 4.78 is 31.0. The second-order valence-electron chi connectivity index (χ2n) is 8.74. The van der Waals surface area contributed by atoms with Crippen LogP contribution in [0, 0.1) is 11.6 Å². The molecule has 35 heavy (non-hydrogen) atoms. The van der Waals surface area contributed by atoms with E-state index in [0.717, 1.165) is 23.2 Å². The number of rotatable bonds is 8. The highest BCUT2D eigenvalue weighted by Gasteiger charge is 2.34. The van der Waals surface area contributed by atoms with Gasteiger partial charge in [-0.15, -0.1) is 0 Å². The van der Waals surface area contributed by atoms with E-state index in [0.29, 0.717) is 0 Å². The summed E-state index contributed by atoms with van der Waals surface area (Å²) in [6, 6.07) is 13.7. The average molecular weight is 506 g/mol. The van der Waals surface area contributed by atoms with Crippen LogP contribution in [-0.4, -0.2) is 59.8 Å². The highest BCUT2D eigenvalue weighted by atomic mass is 35.5. The highest BCUT2D eigenvalue weighted by molar-refractivity contribution is 5.25. The van der Waals surface area contributed by atoms with Crippen molar-refractivity contribution in [1.82, 2.24) is 29.5 Å². The minimum atomic E-state index is -1.70. The molecule has 0 bridgehead atoms. The number of aromatic nitrogens is 6. The van der Waals surface area contributed by atoms with Gasteiger partial charge < -0.3 is 22.0 Å². The first-order chi connectivity index (χ1) is 16.2. The van der Waals surface area contributed by atoms with Crippen LogP contribution in [0.25, 0.3) is 0 Å². The third-order valence-corrected chi connectivity index (χ3v) is 5.52. The minimum absolute atomic E-state index is 0. The van der Waals surface area contributed by atoms with Gasteiger partial charge in [0.2, 0.25) is 0 Å². The number of quaternary nitrogens is 1. The number of hydrogen-bond acceptors (Lipinski definition) is 5. The lowest BCUT2D eigenvalue weighted by atomic mass is 9.93. The first kappa shape index (κ1) is 28.0. The van der Waals surface area contributed by atoms with Crippen LogP contribution in [0.5, 0.6) is 0 Å². The van der Waals surface area contributed by atoms with Crippen molar-refractivity contribution in [3.63, 3.8) is 0 Å². The van der Waals surface area contributed by atoms with E-state index in [4.69, 9.17) is 0 Å². The van der Waals surface area contributed by atoms with Gasteiger partial charge in [0.15, 0.2) is 0 Å². The molecule has 0 saturated heterocycles. The van der Waals surface area contributed by atoms with Gasteiger partial charge in [0.25, 0.3) is 0 Å². The van der Waals surface area contributed by atoms with E-state index in [1.54, 1.807) is 0 Å². The molecule has 0 aliphatic heterocycles. The summed E-state index contributed by atoms with van der Waals surface area (Å²) in [5, 5.41) is 18.8. The topological polar surface area (TPSA) is 81.6 Å². The van der Waals surface area contributed by atoms with Crippen LogP contribution in [0.1, 0.15) is 18.1 Å². The van der Waals surface area contributed by atoms with Crippen molar-refractivity contribution in [1.29, 1.82) is 0 Å². The van der Waals surface area contributed by atoms with E-state index in [2.05, 4.69) is 71.5 Å². The van der Waals surface area contributed by atoms with Crippen LogP contribution in [0.2, 0.25) is 0 Å². The molecule has 0 atom stereocenters. The monoisotopic (exact) mass is 505 g/mol. The molecule has 188 valence electrons.